The second-order valence-electron chi connectivity index (χ2n) is 6.19. The summed E-state index contributed by atoms with van der Waals surface area (Å²) in [4.78, 5) is 9.20. The Kier molecular flexibility index (Phi) is 3.22. The highest BCUT2D eigenvalue weighted by Gasteiger charge is 2.23. The first-order chi connectivity index (χ1) is 7.16. The lowest BCUT2D eigenvalue weighted by atomic mass is 9.88. The van der Waals surface area contributed by atoms with Gasteiger partial charge in [0, 0.05) is 17.0 Å². The molecule has 2 heteroatoms. The summed E-state index contributed by atoms with van der Waals surface area (Å²) in [5.41, 5.74) is 2.96. The zero-order chi connectivity index (χ0) is 12.6. The number of aromatic nitrogens is 2. The van der Waals surface area contributed by atoms with Crippen molar-refractivity contribution in [2.75, 3.05) is 0 Å². The van der Waals surface area contributed by atoms with Crippen LogP contribution in [0.1, 0.15) is 58.6 Å². The molecule has 0 atom stereocenters. The summed E-state index contributed by atoms with van der Waals surface area (Å²) >= 11 is 0. The van der Waals surface area contributed by atoms with Gasteiger partial charge in [-0.1, -0.05) is 48.1 Å². The summed E-state index contributed by atoms with van der Waals surface area (Å²) in [5.74, 6) is 0. The highest BCUT2D eigenvalue weighted by molar-refractivity contribution is 5.47. The molecule has 16 heavy (non-hydrogen) atoms. The Bertz CT molecular complexity index is 392. The predicted octanol–water partition coefficient (Wildman–Crippen LogP) is 3.71. The Morgan fingerprint density at radius 3 is 2.00 bits per heavy atom. The van der Waals surface area contributed by atoms with Gasteiger partial charge in [-0.2, -0.15) is 0 Å². The molecule has 0 aromatic carbocycles. The van der Waals surface area contributed by atoms with Crippen molar-refractivity contribution in [3.63, 3.8) is 0 Å². The lowest BCUT2D eigenvalue weighted by Crippen LogP contribution is -2.20. The Labute approximate surface area is 98.8 Å². The van der Waals surface area contributed by atoms with Crippen LogP contribution in [0.4, 0.5) is 0 Å². The van der Waals surface area contributed by atoms with Crippen molar-refractivity contribution in [2.24, 2.45) is 0 Å². The number of nitrogens with zero attached hydrogens (tertiary/aromatic N) is 2. The van der Waals surface area contributed by atoms with E-state index in [0.29, 0.717) is 0 Å². The second kappa shape index (κ2) is 4.00. The van der Waals surface area contributed by atoms with Gasteiger partial charge in [-0.05, 0) is 6.08 Å². The van der Waals surface area contributed by atoms with Crippen molar-refractivity contribution < 1.29 is 0 Å². The molecule has 0 saturated carbocycles. The van der Waals surface area contributed by atoms with E-state index in [1.54, 1.807) is 6.08 Å². The van der Waals surface area contributed by atoms with Crippen molar-refractivity contribution in [1.29, 1.82) is 0 Å². The van der Waals surface area contributed by atoms with Crippen molar-refractivity contribution in [3.05, 3.63) is 29.9 Å². The van der Waals surface area contributed by atoms with Crippen molar-refractivity contribution in [1.82, 2.24) is 9.97 Å². The highest BCUT2D eigenvalue weighted by atomic mass is 14.8. The van der Waals surface area contributed by atoms with Crippen LogP contribution in [-0.2, 0) is 10.8 Å². The zero-order valence-corrected chi connectivity index (χ0v) is 11.3. The van der Waals surface area contributed by atoms with E-state index in [1.165, 1.54) is 0 Å². The Morgan fingerprint density at radius 1 is 1.06 bits per heavy atom. The third-order valence-corrected chi connectivity index (χ3v) is 2.47. The summed E-state index contributed by atoms with van der Waals surface area (Å²) in [7, 11) is 0. The smallest absolute Gasteiger partial charge is 0.0848 e. The van der Waals surface area contributed by atoms with Crippen molar-refractivity contribution in [3.8, 4) is 0 Å². The highest BCUT2D eigenvalue weighted by Crippen LogP contribution is 2.26. The molecular formula is C14H22N2. The minimum Gasteiger partial charge on any atom is -0.257 e. The minimum absolute atomic E-state index is 0.00688. The SMILES string of the molecule is C=Cc1nc(C(C)(C)C)cnc1C(C)(C)C. The summed E-state index contributed by atoms with van der Waals surface area (Å²) in [6.07, 6.45) is 3.68. The van der Waals surface area contributed by atoms with Crippen LogP contribution in [0.15, 0.2) is 12.8 Å². The Hall–Kier alpha value is -1.18. The summed E-state index contributed by atoms with van der Waals surface area (Å²) < 4.78 is 0. The Morgan fingerprint density at radius 2 is 1.62 bits per heavy atom. The fourth-order valence-corrected chi connectivity index (χ4v) is 1.48. The van der Waals surface area contributed by atoms with E-state index in [4.69, 9.17) is 0 Å². The van der Waals surface area contributed by atoms with Crippen molar-refractivity contribution in [2.45, 2.75) is 52.4 Å². The Balaban J connectivity index is 3.34. The molecule has 1 aromatic heterocycles. The molecule has 0 unspecified atom stereocenters. The largest absolute Gasteiger partial charge is 0.257 e. The van der Waals surface area contributed by atoms with Crippen molar-refractivity contribution >= 4 is 6.08 Å². The molecular weight excluding hydrogens is 196 g/mol. The minimum atomic E-state index is 0.00688. The van der Waals surface area contributed by atoms with E-state index < -0.39 is 0 Å². The van der Waals surface area contributed by atoms with E-state index in [1.807, 2.05) is 6.20 Å². The molecule has 2 nitrogen and oxygen atoms in total. The van der Waals surface area contributed by atoms with Crippen LogP contribution in [-0.4, -0.2) is 9.97 Å². The molecule has 0 saturated heterocycles. The van der Waals surface area contributed by atoms with Gasteiger partial charge in [0.2, 0.25) is 0 Å². The third kappa shape index (κ3) is 2.69. The maximum atomic E-state index is 4.65. The maximum absolute atomic E-state index is 4.65. The number of hydrogen-bond acceptors (Lipinski definition) is 2. The predicted molar refractivity (Wildman–Crippen MR) is 69.5 cm³/mol. The summed E-state index contributed by atoms with van der Waals surface area (Å²) in [6, 6.07) is 0. The number of hydrogen-bond donors (Lipinski definition) is 0. The van der Waals surface area contributed by atoms with Crippen LogP contribution in [0.25, 0.3) is 6.08 Å². The molecule has 0 fully saturated rings. The van der Waals surface area contributed by atoms with E-state index in [9.17, 15) is 0 Å². The van der Waals surface area contributed by atoms with Crippen LogP contribution in [0, 0.1) is 0 Å². The molecule has 1 heterocycles. The molecule has 0 radical (unpaired) electrons. The topological polar surface area (TPSA) is 25.8 Å². The first kappa shape index (κ1) is 12.9. The fraction of sp³-hybridized carbons (Fsp3) is 0.571. The molecule has 0 aliphatic carbocycles. The molecule has 88 valence electrons. The average molecular weight is 218 g/mol. The van der Waals surface area contributed by atoms with Gasteiger partial charge in [-0.3, -0.25) is 4.98 Å². The first-order valence-corrected chi connectivity index (χ1v) is 5.66. The van der Waals surface area contributed by atoms with Gasteiger partial charge in [0.1, 0.15) is 0 Å². The lowest BCUT2D eigenvalue weighted by Gasteiger charge is -2.23. The third-order valence-electron chi connectivity index (χ3n) is 2.47. The molecule has 1 aromatic rings. The van der Waals surface area contributed by atoms with Crippen LogP contribution in [0.2, 0.25) is 0 Å². The maximum Gasteiger partial charge on any atom is 0.0848 e. The van der Waals surface area contributed by atoms with Crippen LogP contribution in [0.5, 0.6) is 0 Å². The van der Waals surface area contributed by atoms with E-state index >= 15 is 0 Å². The number of rotatable bonds is 1. The summed E-state index contributed by atoms with van der Waals surface area (Å²) in [5, 5.41) is 0. The molecule has 0 N–H and O–H groups in total. The first-order valence-electron chi connectivity index (χ1n) is 5.66. The summed E-state index contributed by atoms with van der Waals surface area (Å²) in [6.45, 7) is 16.7. The van der Waals surface area contributed by atoms with Crippen LogP contribution >= 0.6 is 0 Å². The van der Waals surface area contributed by atoms with Gasteiger partial charge >= 0.3 is 0 Å². The van der Waals surface area contributed by atoms with E-state index in [-0.39, 0.29) is 10.8 Å². The molecule has 0 aliphatic rings. The molecule has 0 spiro atoms. The molecule has 1 rings (SSSR count). The van der Waals surface area contributed by atoms with Crippen LogP contribution < -0.4 is 0 Å². The quantitative estimate of drug-likeness (QED) is 0.718. The van der Waals surface area contributed by atoms with Gasteiger partial charge in [-0.25, -0.2) is 4.98 Å². The van der Waals surface area contributed by atoms with E-state index in [2.05, 4.69) is 58.1 Å². The van der Waals surface area contributed by atoms with Gasteiger partial charge in [0.15, 0.2) is 0 Å². The molecule has 0 bridgehead atoms. The average Bonchev–Trinajstić information content (AvgIpc) is 2.14. The second-order valence-corrected chi connectivity index (χ2v) is 6.19. The molecule has 0 aliphatic heterocycles. The van der Waals surface area contributed by atoms with Gasteiger partial charge < -0.3 is 0 Å². The lowest BCUT2D eigenvalue weighted by molar-refractivity contribution is 0.537. The van der Waals surface area contributed by atoms with Crippen LogP contribution in [0.3, 0.4) is 0 Å². The standard InChI is InChI=1S/C14H22N2/c1-8-10-12(14(5,6)7)15-9-11(16-10)13(2,3)4/h8-9H,1H2,2-7H3. The van der Waals surface area contributed by atoms with E-state index in [0.717, 1.165) is 17.1 Å². The van der Waals surface area contributed by atoms with Gasteiger partial charge in [-0.15, -0.1) is 0 Å². The molecule has 0 amide bonds. The normalized spacial score (nSPS) is 12.6. The van der Waals surface area contributed by atoms with Gasteiger partial charge in [0.05, 0.1) is 17.1 Å². The van der Waals surface area contributed by atoms with Gasteiger partial charge in [0.25, 0.3) is 0 Å². The fourth-order valence-electron chi connectivity index (χ4n) is 1.48. The monoisotopic (exact) mass is 218 g/mol. The zero-order valence-electron chi connectivity index (χ0n) is 11.3.